The number of hydrogen-bond acceptors (Lipinski definition) is 3. The van der Waals surface area contributed by atoms with Gasteiger partial charge in [-0.1, -0.05) is 152 Å². The van der Waals surface area contributed by atoms with Crippen molar-refractivity contribution in [3.05, 3.63) is 203 Å². The molecule has 0 radical (unpaired) electrons. The second-order valence-electron chi connectivity index (χ2n) is 13.5. The fraction of sp³-hybridized carbons (Fsp3) is 0.109. The summed E-state index contributed by atoms with van der Waals surface area (Å²) in [5.41, 5.74) is 10.4. The van der Waals surface area contributed by atoms with Crippen molar-refractivity contribution in [2.45, 2.75) is 17.4 Å². The third kappa shape index (κ3) is 4.05. The van der Waals surface area contributed by atoms with E-state index in [0.29, 0.717) is 5.92 Å². The molecule has 0 saturated heterocycles. The lowest BCUT2D eigenvalue weighted by Gasteiger charge is -2.43. The third-order valence-corrected chi connectivity index (χ3v) is 11.1. The van der Waals surface area contributed by atoms with Gasteiger partial charge in [0, 0.05) is 41.1 Å². The van der Waals surface area contributed by atoms with Gasteiger partial charge < -0.3 is 4.74 Å². The molecule has 2 aliphatic carbocycles. The number of hydrazone groups is 1. The molecule has 10 rings (SSSR count). The van der Waals surface area contributed by atoms with Gasteiger partial charge in [0.25, 0.3) is 0 Å². The molecule has 0 amide bonds. The summed E-state index contributed by atoms with van der Waals surface area (Å²) >= 11 is 0. The van der Waals surface area contributed by atoms with Crippen LogP contribution in [0.2, 0.25) is 0 Å². The fourth-order valence-corrected chi connectivity index (χ4v) is 9.00. The van der Waals surface area contributed by atoms with Gasteiger partial charge in [0.2, 0.25) is 0 Å². The smallest absolute Gasteiger partial charge is 0.139 e. The van der Waals surface area contributed by atoms with Crippen LogP contribution in [0.5, 0.6) is 11.5 Å². The van der Waals surface area contributed by atoms with Crippen LogP contribution in [0.15, 0.2) is 175 Å². The van der Waals surface area contributed by atoms with Crippen molar-refractivity contribution >= 4 is 16.5 Å². The molecule has 4 aliphatic rings. The number of rotatable bonds is 3. The molecular formula is C46H34N2O. The standard InChI is InChI=1S/C46H34N2O/c1-48-43(28-27-42(47-48)37-21-11-14-30-13-2-3-17-33(30)37)32-16-10-15-31(29-32)34-20-12-25-41-45(34)49-44-26-9-8-24-40(44)46(41)38-22-6-4-18-35(38)36-19-5-7-23-39(36)46/h2-29,35,38,43H,1H3. The number of fused-ring (bicyclic) bond motifs is 10. The van der Waals surface area contributed by atoms with Crippen molar-refractivity contribution in [2.24, 2.45) is 11.0 Å². The monoisotopic (exact) mass is 630 g/mol. The van der Waals surface area contributed by atoms with Gasteiger partial charge in [-0.3, -0.25) is 5.01 Å². The predicted molar refractivity (Wildman–Crippen MR) is 199 cm³/mol. The van der Waals surface area contributed by atoms with Crippen LogP contribution in [0, 0.1) is 5.92 Å². The Bertz CT molecular complexity index is 2430. The Kier molecular flexibility index (Phi) is 6.20. The molecule has 0 fully saturated rings. The molecule has 2 heterocycles. The SMILES string of the molecule is CN1N=C(c2cccc3ccccc23)C=CC1c1cccc(-c2cccc3c2Oc2ccccc2C32c3ccccc3C3C=CC=CC32)c1. The van der Waals surface area contributed by atoms with Gasteiger partial charge in [-0.25, -0.2) is 0 Å². The summed E-state index contributed by atoms with van der Waals surface area (Å²) in [6.45, 7) is 0. The lowest BCUT2D eigenvalue weighted by Crippen LogP contribution is -2.37. The zero-order valence-electron chi connectivity index (χ0n) is 27.2. The minimum Gasteiger partial charge on any atom is -0.456 e. The van der Waals surface area contributed by atoms with Crippen molar-refractivity contribution in [3.63, 3.8) is 0 Å². The fourth-order valence-electron chi connectivity index (χ4n) is 9.00. The first-order chi connectivity index (χ1) is 24.2. The zero-order valence-corrected chi connectivity index (χ0v) is 27.2. The van der Waals surface area contributed by atoms with E-state index in [1.807, 2.05) is 0 Å². The van der Waals surface area contributed by atoms with Crippen LogP contribution in [0.1, 0.15) is 45.3 Å². The quantitative estimate of drug-likeness (QED) is 0.194. The first kappa shape index (κ1) is 28.1. The summed E-state index contributed by atoms with van der Waals surface area (Å²) in [6, 6.07) is 48.2. The molecule has 4 atom stereocenters. The molecule has 1 spiro atoms. The Morgan fingerprint density at radius 1 is 0.653 bits per heavy atom. The molecule has 3 heteroatoms. The number of likely N-dealkylation sites (N-methyl/N-ethyl adjacent to an activating group) is 1. The Morgan fingerprint density at radius 2 is 1.39 bits per heavy atom. The van der Waals surface area contributed by atoms with Crippen molar-refractivity contribution in [1.82, 2.24) is 5.01 Å². The normalized spacial score (nSPS) is 22.7. The van der Waals surface area contributed by atoms with E-state index in [4.69, 9.17) is 9.84 Å². The van der Waals surface area contributed by atoms with E-state index >= 15 is 0 Å². The topological polar surface area (TPSA) is 24.8 Å². The van der Waals surface area contributed by atoms with Crippen LogP contribution >= 0.6 is 0 Å². The van der Waals surface area contributed by atoms with Crippen LogP contribution in [-0.2, 0) is 5.41 Å². The second-order valence-corrected chi connectivity index (χ2v) is 13.5. The van der Waals surface area contributed by atoms with Crippen LogP contribution in [0.4, 0.5) is 0 Å². The first-order valence-electron chi connectivity index (χ1n) is 17.2. The Labute approximate surface area is 286 Å². The van der Waals surface area contributed by atoms with E-state index < -0.39 is 0 Å². The average Bonchev–Trinajstić information content (AvgIpc) is 3.45. The molecule has 0 N–H and O–H groups in total. The second kappa shape index (κ2) is 10.8. The summed E-state index contributed by atoms with van der Waals surface area (Å²) in [5, 5.41) is 9.61. The van der Waals surface area contributed by atoms with Crippen molar-refractivity contribution < 1.29 is 4.74 Å². The minimum atomic E-state index is -0.362. The molecule has 6 aromatic rings. The van der Waals surface area contributed by atoms with E-state index in [1.165, 1.54) is 38.6 Å². The molecule has 3 nitrogen and oxygen atoms in total. The molecule has 4 unspecified atom stereocenters. The summed E-state index contributed by atoms with van der Waals surface area (Å²) in [4.78, 5) is 0. The van der Waals surface area contributed by atoms with E-state index in [2.05, 4.69) is 182 Å². The third-order valence-electron chi connectivity index (χ3n) is 11.1. The largest absolute Gasteiger partial charge is 0.456 e. The lowest BCUT2D eigenvalue weighted by atomic mass is 9.61. The van der Waals surface area contributed by atoms with Gasteiger partial charge in [0.15, 0.2) is 0 Å². The summed E-state index contributed by atoms with van der Waals surface area (Å²) in [5.74, 6) is 2.43. The van der Waals surface area contributed by atoms with E-state index in [1.54, 1.807) is 0 Å². The van der Waals surface area contributed by atoms with Crippen LogP contribution in [-0.4, -0.2) is 17.8 Å². The van der Waals surface area contributed by atoms with Gasteiger partial charge in [-0.2, -0.15) is 5.10 Å². The van der Waals surface area contributed by atoms with Crippen LogP contribution < -0.4 is 4.74 Å². The predicted octanol–water partition coefficient (Wildman–Crippen LogP) is 10.7. The van der Waals surface area contributed by atoms with Gasteiger partial charge in [0.05, 0.1) is 17.2 Å². The maximum atomic E-state index is 6.96. The Balaban J connectivity index is 1.08. The molecule has 0 aromatic heterocycles. The van der Waals surface area contributed by atoms with Crippen LogP contribution in [0.25, 0.3) is 21.9 Å². The summed E-state index contributed by atoms with van der Waals surface area (Å²) < 4.78 is 6.96. The van der Waals surface area contributed by atoms with E-state index in [9.17, 15) is 0 Å². The van der Waals surface area contributed by atoms with Gasteiger partial charge in [-0.05, 0) is 51.2 Å². The molecule has 0 bridgehead atoms. The van der Waals surface area contributed by atoms with Gasteiger partial charge in [-0.15, -0.1) is 0 Å². The molecule has 2 aliphatic heterocycles. The first-order valence-corrected chi connectivity index (χ1v) is 17.2. The molecule has 234 valence electrons. The van der Waals surface area contributed by atoms with E-state index in [0.717, 1.165) is 33.9 Å². The molecule has 6 aromatic carbocycles. The summed E-state index contributed by atoms with van der Waals surface area (Å²) in [7, 11) is 2.07. The van der Waals surface area contributed by atoms with Crippen molar-refractivity contribution in [2.75, 3.05) is 7.05 Å². The highest BCUT2D eigenvalue weighted by atomic mass is 16.5. The highest BCUT2D eigenvalue weighted by Crippen LogP contribution is 2.65. The molecule has 0 saturated carbocycles. The number of nitrogens with zero attached hydrogens (tertiary/aromatic N) is 2. The maximum absolute atomic E-state index is 6.96. The van der Waals surface area contributed by atoms with Gasteiger partial charge >= 0.3 is 0 Å². The Morgan fingerprint density at radius 3 is 2.33 bits per heavy atom. The van der Waals surface area contributed by atoms with Gasteiger partial charge in [0.1, 0.15) is 11.5 Å². The number of para-hydroxylation sites is 2. The number of ether oxygens (including phenoxy) is 1. The zero-order chi connectivity index (χ0) is 32.5. The highest BCUT2D eigenvalue weighted by molar-refractivity contribution is 6.16. The number of hydrogen-bond donors (Lipinski definition) is 0. The van der Waals surface area contributed by atoms with Crippen molar-refractivity contribution in [1.29, 1.82) is 0 Å². The summed E-state index contributed by atoms with van der Waals surface area (Å²) in [6.07, 6.45) is 13.7. The Hall–Kier alpha value is -5.93. The lowest BCUT2D eigenvalue weighted by molar-refractivity contribution is 0.298. The van der Waals surface area contributed by atoms with E-state index in [-0.39, 0.29) is 17.4 Å². The average molecular weight is 631 g/mol. The number of allylic oxidation sites excluding steroid dienone is 5. The maximum Gasteiger partial charge on any atom is 0.139 e. The van der Waals surface area contributed by atoms with Crippen molar-refractivity contribution in [3.8, 4) is 22.6 Å². The number of benzene rings is 6. The minimum absolute atomic E-state index is 0.00725. The van der Waals surface area contributed by atoms with Crippen LogP contribution in [0.3, 0.4) is 0 Å². The molecular weight excluding hydrogens is 597 g/mol. The highest BCUT2D eigenvalue weighted by Gasteiger charge is 2.56. The molecule has 49 heavy (non-hydrogen) atoms.